The van der Waals surface area contributed by atoms with Gasteiger partial charge in [-0.3, -0.25) is 10.2 Å². The first-order valence-corrected chi connectivity index (χ1v) is 12.1. The number of nitrogens with one attached hydrogen (secondary N) is 1. The van der Waals surface area contributed by atoms with E-state index in [4.69, 9.17) is 14.2 Å². The van der Waals surface area contributed by atoms with E-state index in [9.17, 15) is 13.2 Å². The number of hydrogen-bond donors (Lipinski definition) is 1. The molecule has 2 aromatic carbocycles. The normalized spacial score (nSPS) is 33.9. The molecular weight excluding hydrogens is 461 g/mol. The highest BCUT2D eigenvalue weighted by Crippen LogP contribution is 2.64. The Kier molecular flexibility index (Phi) is 5.43. The molecule has 0 aromatic heterocycles. The molecule has 35 heavy (non-hydrogen) atoms. The Labute approximate surface area is 202 Å². The van der Waals surface area contributed by atoms with Crippen molar-refractivity contribution < 1.29 is 32.1 Å². The Morgan fingerprint density at radius 3 is 2.20 bits per heavy atom. The van der Waals surface area contributed by atoms with Gasteiger partial charge in [-0.2, -0.15) is 0 Å². The average molecular weight is 491 g/mol. The zero-order valence-electron chi connectivity index (χ0n) is 19.5. The lowest BCUT2D eigenvalue weighted by atomic mass is 9.43. The molecule has 1 N–H and O–H groups in total. The van der Waals surface area contributed by atoms with Crippen LogP contribution in [-0.4, -0.2) is 60.5 Å². The maximum atomic E-state index is 12.3. The van der Waals surface area contributed by atoms with Crippen LogP contribution in [0.5, 0.6) is 17.2 Å². The van der Waals surface area contributed by atoms with Crippen molar-refractivity contribution in [2.24, 2.45) is 0 Å². The second-order valence-corrected chi connectivity index (χ2v) is 10.4. The molecule has 2 heterocycles. The first-order chi connectivity index (χ1) is 16.7. The molecule has 0 spiro atoms. The van der Waals surface area contributed by atoms with Crippen LogP contribution in [0.25, 0.3) is 0 Å². The molecule has 3 atom stereocenters. The summed E-state index contributed by atoms with van der Waals surface area (Å²) in [4.78, 5) is 2.59. The Bertz CT molecular complexity index is 1040. The van der Waals surface area contributed by atoms with Gasteiger partial charge in [-0.05, 0) is 69.0 Å². The Morgan fingerprint density at radius 2 is 1.57 bits per heavy atom. The quantitative estimate of drug-likeness (QED) is 0.592. The predicted molar refractivity (Wildman–Crippen MR) is 122 cm³/mol. The summed E-state index contributed by atoms with van der Waals surface area (Å²) >= 11 is 0. The summed E-state index contributed by atoms with van der Waals surface area (Å²) in [7, 11) is 0. The molecule has 0 amide bonds. The van der Waals surface area contributed by atoms with E-state index in [1.807, 2.05) is 12.1 Å². The minimum Gasteiger partial charge on any atom is -0.489 e. The van der Waals surface area contributed by atoms with Crippen molar-refractivity contribution in [2.45, 2.75) is 68.5 Å². The van der Waals surface area contributed by atoms with Crippen molar-refractivity contribution in [3.63, 3.8) is 0 Å². The first-order valence-electron chi connectivity index (χ1n) is 12.1. The predicted octanol–water partition coefficient (Wildman–Crippen LogP) is 4.42. The maximum absolute atomic E-state index is 12.3. The molecule has 5 aliphatic rings. The third kappa shape index (κ3) is 4.57. The highest BCUT2D eigenvalue weighted by atomic mass is 19.4. The van der Waals surface area contributed by atoms with E-state index in [0.717, 1.165) is 44.5 Å². The lowest BCUT2D eigenvalue weighted by Crippen LogP contribution is -2.85. The number of hydrogen-bond acceptors (Lipinski definition) is 6. The van der Waals surface area contributed by atoms with Gasteiger partial charge in [-0.15, -0.1) is 13.2 Å². The summed E-state index contributed by atoms with van der Waals surface area (Å²) in [5.41, 5.74) is 1.59. The molecule has 9 heteroatoms. The van der Waals surface area contributed by atoms with Crippen LogP contribution < -0.4 is 19.5 Å². The van der Waals surface area contributed by atoms with E-state index in [2.05, 4.69) is 34.0 Å². The maximum Gasteiger partial charge on any atom is 0.573 e. The molecule has 3 saturated carbocycles. The van der Waals surface area contributed by atoms with E-state index in [0.29, 0.717) is 12.4 Å². The van der Waals surface area contributed by atoms with Gasteiger partial charge in [0, 0.05) is 24.2 Å². The zero-order valence-corrected chi connectivity index (χ0v) is 19.5. The van der Waals surface area contributed by atoms with Crippen molar-refractivity contribution >= 4 is 0 Å². The summed E-state index contributed by atoms with van der Waals surface area (Å²) in [5.74, 6) is 1.16. The van der Waals surface area contributed by atoms with Crippen LogP contribution in [0.2, 0.25) is 0 Å². The van der Waals surface area contributed by atoms with Gasteiger partial charge >= 0.3 is 6.36 Å². The van der Waals surface area contributed by atoms with Crippen LogP contribution in [0, 0.1) is 6.92 Å². The molecule has 5 fully saturated rings. The van der Waals surface area contributed by atoms with Gasteiger partial charge in [0.05, 0.1) is 6.61 Å². The van der Waals surface area contributed by atoms with Crippen molar-refractivity contribution in [3.8, 4) is 17.2 Å². The van der Waals surface area contributed by atoms with Gasteiger partial charge in [0.15, 0.2) is 6.10 Å². The summed E-state index contributed by atoms with van der Waals surface area (Å²) in [5, 5.41) is 3.63. The fourth-order valence-corrected chi connectivity index (χ4v) is 5.99. The molecule has 3 unspecified atom stereocenters. The Morgan fingerprint density at radius 1 is 0.943 bits per heavy atom. The molecule has 188 valence electrons. The van der Waals surface area contributed by atoms with E-state index in [1.54, 1.807) is 0 Å². The molecule has 3 aliphatic carbocycles. The number of halogens is 3. The lowest BCUT2D eigenvalue weighted by molar-refractivity contribution is -0.274. The fourth-order valence-electron chi connectivity index (χ4n) is 5.99. The number of aryl methyl sites for hydroxylation is 1. The summed E-state index contributed by atoms with van der Waals surface area (Å²) in [6.45, 7) is 4.55. The van der Waals surface area contributed by atoms with Crippen LogP contribution >= 0.6 is 0 Å². The minimum absolute atomic E-state index is 0.0903. The van der Waals surface area contributed by atoms with E-state index in [-0.39, 0.29) is 35.3 Å². The zero-order chi connectivity index (χ0) is 24.3. The number of ether oxygens (including phenoxy) is 4. The third-order valence-corrected chi connectivity index (χ3v) is 7.71. The first kappa shape index (κ1) is 22.9. The molecule has 6 nitrogen and oxygen atoms in total. The molecule has 2 aromatic rings. The molecule has 2 aliphatic heterocycles. The number of nitrogens with zero attached hydrogens (tertiary/aromatic N) is 1. The standard InChI is InChI=1S/C26H29F3N2O4/c1-17-2-4-18(5-3-17)33-21-10-11-31(12-21)25-14-24(15-25,16-25)30-23-22(13-32-23)34-19-6-8-20(9-7-19)35-26(27,28)29/h2-9,21-23,30H,10-16H2,1H3. The van der Waals surface area contributed by atoms with Crippen molar-refractivity contribution in [2.75, 3.05) is 19.7 Å². The molecule has 0 radical (unpaired) electrons. The Hall–Kier alpha value is -2.49. The van der Waals surface area contributed by atoms with Gasteiger partial charge < -0.3 is 18.9 Å². The van der Waals surface area contributed by atoms with Crippen LogP contribution in [0.15, 0.2) is 48.5 Å². The topological polar surface area (TPSA) is 52.2 Å². The van der Waals surface area contributed by atoms with E-state index in [1.165, 1.54) is 29.8 Å². The number of rotatable bonds is 8. The molecule has 2 saturated heterocycles. The molecule has 7 rings (SSSR count). The van der Waals surface area contributed by atoms with Crippen LogP contribution in [0.3, 0.4) is 0 Å². The molecular formula is C26H29F3N2O4. The highest BCUT2D eigenvalue weighted by Gasteiger charge is 2.71. The molecule has 2 bridgehead atoms. The highest BCUT2D eigenvalue weighted by molar-refractivity contribution is 5.33. The summed E-state index contributed by atoms with van der Waals surface area (Å²) in [6.07, 6.45) is -0.540. The van der Waals surface area contributed by atoms with Crippen LogP contribution in [0.4, 0.5) is 13.2 Å². The smallest absolute Gasteiger partial charge is 0.489 e. The van der Waals surface area contributed by atoms with Crippen molar-refractivity contribution in [1.29, 1.82) is 0 Å². The van der Waals surface area contributed by atoms with Crippen LogP contribution in [0.1, 0.15) is 31.2 Å². The van der Waals surface area contributed by atoms with Crippen LogP contribution in [-0.2, 0) is 4.74 Å². The number of likely N-dealkylation sites (tertiary alicyclic amines) is 1. The fraction of sp³-hybridized carbons (Fsp3) is 0.538. The third-order valence-electron chi connectivity index (χ3n) is 7.71. The summed E-state index contributed by atoms with van der Waals surface area (Å²) in [6, 6.07) is 13.7. The van der Waals surface area contributed by atoms with Crippen molar-refractivity contribution in [1.82, 2.24) is 10.2 Å². The number of benzene rings is 2. The monoisotopic (exact) mass is 490 g/mol. The Balaban J connectivity index is 0.960. The second-order valence-electron chi connectivity index (χ2n) is 10.4. The minimum atomic E-state index is -4.70. The van der Waals surface area contributed by atoms with Gasteiger partial charge in [0.25, 0.3) is 0 Å². The largest absolute Gasteiger partial charge is 0.573 e. The van der Waals surface area contributed by atoms with Gasteiger partial charge in [-0.1, -0.05) is 17.7 Å². The van der Waals surface area contributed by atoms with E-state index >= 15 is 0 Å². The lowest BCUT2D eigenvalue weighted by Gasteiger charge is -2.74. The number of alkyl halides is 3. The SMILES string of the molecule is Cc1ccc(OC2CCN(C34CC(NC5OCC5Oc5ccc(OC(F)(F)F)cc5)(C3)C4)C2)cc1. The van der Waals surface area contributed by atoms with Gasteiger partial charge in [-0.25, -0.2) is 0 Å². The second kappa shape index (κ2) is 8.28. The van der Waals surface area contributed by atoms with Gasteiger partial charge in [0.2, 0.25) is 0 Å². The van der Waals surface area contributed by atoms with E-state index < -0.39 is 6.36 Å². The summed E-state index contributed by atoms with van der Waals surface area (Å²) < 4.78 is 58.7. The van der Waals surface area contributed by atoms with Gasteiger partial charge in [0.1, 0.15) is 29.6 Å². The van der Waals surface area contributed by atoms with Crippen molar-refractivity contribution in [3.05, 3.63) is 54.1 Å². The average Bonchev–Trinajstić information content (AvgIpc) is 3.19.